The molecule has 0 radical (unpaired) electrons. The van der Waals surface area contributed by atoms with Crippen LogP contribution in [0.1, 0.15) is 135 Å². The van der Waals surface area contributed by atoms with E-state index < -0.39 is 0 Å². The second kappa shape index (κ2) is 30.6. The summed E-state index contributed by atoms with van der Waals surface area (Å²) < 4.78 is 16.9. The third kappa shape index (κ3) is 27.8. The molecular weight excluding hydrogens is 422 g/mol. The summed E-state index contributed by atoms with van der Waals surface area (Å²) >= 11 is 0. The first kappa shape index (κ1) is 33.5. The van der Waals surface area contributed by atoms with Gasteiger partial charge in [0.1, 0.15) is 0 Å². The zero-order chi connectivity index (χ0) is 24.8. The first-order valence-corrected chi connectivity index (χ1v) is 14.9. The van der Waals surface area contributed by atoms with Gasteiger partial charge in [-0.15, -0.1) is 0 Å². The van der Waals surface area contributed by atoms with E-state index in [9.17, 15) is 0 Å². The van der Waals surface area contributed by atoms with Crippen molar-refractivity contribution >= 4 is 6.72 Å². The SMILES string of the molecule is C=NCCCCCCCCCCCCCCCCCOCC(CCCOC)CCCOCCC. The van der Waals surface area contributed by atoms with Crippen molar-refractivity contribution in [3.63, 3.8) is 0 Å². The van der Waals surface area contributed by atoms with Crippen molar-refractivity contribution < 1.29 is 14.2 Å². The molecule has 4 heteroatoms. The van der Waals surface area contributed by atoms with Crippen LogP contribution in [0.5, 0.6) is 0 Å². The first-order chi connectivity index (χ1) is 16.8. The fourth-order valence-electron chi connectivity index (χ4n) is 4.52. The minimum absolute atomic E-state index is 0.653. The van der Waals surface area contributed by atoms with Gasteiger partial charge in [0.05, 0.1) is 0 Å². The fraction of sp³-hybridized carbons (Fsp3) is 0.967. The van der Waals surface area contributed by atoms with Crippen LogP contribution in [0.25, 0.3) is 0 Å². The number of methoxy groups -OCH3 is 1. The van der Waals surface area contributed by atoms with Crippen LogP contribution in [-0.4, -0.2) is 53.4 Å². The van der Waals surface area contributed by atoms with Crippen LogP contribution in [0.15, 0.2) is 4.99 Å². The Balaban J connectivity index is 3.39. The van der Waals surface area contributed by atoms with Crippen molar-refractivity contribution in [1.29, 1.82) is 0 Å². The van der Waals surface area contributed by atoms with Gasteiger partial charge in [0.25, 0.3) is 0 Å². The summed E-state index contributed by atoms with van der Waals surface area (Å²) in [4.78, 5) is 3.91. The van der Waals surface area contributed by atoms with Gasteiger partial charge in [0, 0.05) is 46.7 Å². The maximum atomic E-state index is 6.04. The van der Waals surface area contributed by atoms with E-state index in [0.717, 1.165) is 58.8 Å². The average molecular weight is 484 g/mol. The Morgan fingerprint density at radius 2 is 1.03 bits per heavy atom. The van der Waals surface area contributed by atoms with Crippen molar-refractivity contribution in [3.8, 4) is 0 Å². The summed E-state index contributed by atoms with van der Waals surface area (Å²) in [6.07, 6.45) is 26.4. The lowest BCUT2D eigenvalue weighted by atomic mass is 9.99. The Hall–Kier alpha value is -0.450. The number of unbranched alkanes of at least 4 members (excludes halogenated alkanes) is 14. The van der Waals surface area contributed by atoms with Gasteiger partial charge in [-0.3, -0.25) is 0 Å². The molecule has 0 bridgehead atoms. The molecule has 0 aromatic heterocycles. The zero-order valence-electron chi connectivity index (χ0n) is 23.3. The highest BCUT2D eigenvalue weighted by atomic mass is 16.5. The standard InChI is InChI=1S/C30H61NO3/c1-4-25-33-28-21-23-30(22-20-26-32-3)29-34-27-19-17-15-13-11-9-7-5-6-8-10-12-14-16-18-24-31-2/h30H,2,4-29H2,1,3H3. The molecule has 0 N–H and O–H groups in total. The third-order valence-electron chi connectivity index (χ3n) is 6.67. The minimum atomic E-state index is 0.653. The van der Waals surface area contributed by atoms with Gasteiger partial charge >= 0.3 is 0 Å². The molecule has 0 saturated carbocycles. The lowest BCUT2D eigenvalue weighted by molar-refractivity contribution is 0.0759. The Bertz CT molecular complexity index is 378. The van der Waals surface area contributed by atoms with Gasteiger partial charge in [0.15, 0.2) is 0 Å². The van der Waals surface area contributed by atoms with E-state index in [4.69, 9.17) is 14.2 Å². The Kier molecular flexibility index (Phi) is 30.2. The molecule has 0 aliphatic rings. The quantitative estimate of drug-likeness (QED) is 0.0756. The molecule has 0 aromatic rings. The van der Waals surface area contributed by atoms with Crippen molar-refractivity contribution in [1.82, 2.24) is 0 Å². The zero-order valence-corrected chi connectivity index (χ0v) is 23.3. The lowest BCUT2D eigenvalue weighted by Crippen LogP contribution is -2.13. The molecule has 0 aromatic carbocycles. The largest absolute Gasteiger partial charge is 0.385 e. The molecule has 0 rings (SSSR count). The lowest BCUT2D eigenvalue weighted by Gasteiger charge is -2.17. The summed E-state index contributed by atoms with van der Waals surface area (Å²) in [5.74, 6) is 0.653. The molecule has 0 amide bonds. The van der Waals surface area contributed by atoms with Crippen molar-refractivity contribution in [2.24, 2.45) is 10.9 Å². The van der Waals surface area contributed by atoms with E-state index in [1.807, 2.05) is 0 Å². The number of hydrogen-bond acceptors (Lipinski definition) is 4. The van der Waals surface area contributed by atoms with Crippen molar-refractivity contribution in [2.45, 2.75) is 135 Å². The minimum Gasteiger partial charge on any atom is -0.385 e. The predicted octanol–water partition coefficient (Wildman–Crippen LogP) is 8.80. The maximum absolute atomic E-state index is 6.04. The second-order valence-electron chi connectivity index (χ2n) is 10.1. The van der Waals surface area contributed by atoms with Crippen LogP contribution in [0.4, 0.5) is 0 Å². The monoisotopic (exact) mass is 483 g/mol. The van der Waals surface area contributed by atoms with Crippen LogP contribution in [-0.2, 0) is 14.2 Å². The van der Waals surface area contributed by atoms with Crippen LogP contribution in [0, 0.1) is 5.92 Å². The third-order valence-corrected chi connectivity index (χ3v) is 6.67. The van der Waals surface area contributed by atoms with Crippen LogP contribution in [0.3, 0.4) is 0 Å². The van der Waals surface area contributed by atoms with Crippen molar-refractivity contribution in [3.05, 3.63) is 0 Å². The average Bonchev–Trinajstić information content (AvgIpc) is 2.85. The Morgan fingerprint density at radius 1 is 0.559 bits per heavy atom. The Morgan fingerprint density at radius 3 is 1.53 bits per heavy atom. The highest BCUT2D eigenvalue weighted by Gasteiger charge is 2.09. The smallest absolute Gasteiger partial charge is 0.0494 e. The summed E-state index contributed by atoms with van der Waals surface area (Å²) in [5.41, 5.74) is 0. The molecule has 1 atom stereocenters. The number of rotatable bonds is 30. The molecule has 0 spiro atoms. The van der Waals surface area contributed by atoms with Gasteiger partial charge in [0.2, 0.25) is 0 Å². The molecule has 0 saturated heterocycles. The van der Waals surface area contributed by atoms with E-state index in [1.165, 1.54) is 109 Å². The highest BCUT2D eigenvalue weighted by Crippen LogP contribution is 2.16. The van der Waals surface area contributed by atoms with Gasteiger partial charge in [-0.25, -0.2) is 0 Å². The number of nitrogens with zero attached hydrogens (tertiary/aromatic N) is 1. The number of hydrogen-bond donors (Lipinski definition) is 0. The summed E-state index contributed by atoms with van der Waals surface area (Å²) in [6.45, 7) is 11.1. The molecule has 0 heterocycles. The van der Waals surface area contributed by atoms with E-state index >= 15 is 0 Å². The van der Waals surface area contributed by atoms with E-state index in [0.29, 0.717) is 5.92 Å². The molecule has 0 fully saturated rings. The number of ether oxygens (including phenoxy) is 3. The summed E-state index contributed by atoms with van der Waals surface area (Å²) in [7, 11) is 1.79. The Labute approximate surface area is 214 Å². The molecule has 4 nitrogen and oxygen atoms in total. The first-order valence-electron chi connectivity index (χ1n) is 14.9. The van der Waals surface area contributed by atoms with Crippen LogP contribution >= 0.6 is 0 Å². The van der Waals surface area contributed by atoms with Crippen molar-refractivity contribution in [2.75, 3.05) is 46.7 Å². The number of aliphatic imine (C=N–C) groups is 1. The summed E-state index contributed by atoms with van der Waals surface area (Å²) in [5, 5.41) is 0. The molecule has 34 heavy (non-hydrogen) atoms. The van der Waals surface area contributed by atoms with E-state index in [2.05, 4.69) is 18.6 Å². The summed E-state index contributed by atoms with van der Waals surface area (Å²) in [6, 6.07) is 0. The van der Waals surface area contributed by atoms with Gasteiger partial charge in [-0.2, -0.15) is 0 Å². The van der Waals surface area contributed by atoms with Crippen LogP contribution in [0.2, 0.25) is 0 Å². The molecule has 204 valence electrons. The van der Waals surface area contributed by atoms with Gasteiger partial charge < -0.3 is 19.2 Å². The van der Waals surface area contributed by atoms with Crippen LogP contribution < -0.4 is 0 Å². The van der Waals surface area contributed by atoms with E-state index in [-0.39, 0.29) is 0 Å². The normalized spacial score (nSPS) is 12.3. The maximum Gasteiger partial charge on any atom is 0.0494 e. The predicted molar refractivity (Wildman–Crippen MR) is 149 cm³/mol. The molecule has 0 aliphatic carbocycles. The molecule has 1 unspecified atom stereocenters. The topological polar surface area (TPSA) is 40.0 Å². The van der Waals surface area contributed by atoms with E-state index in [1.54, 1.807) is 7.11 Å². The highest BCUT2D eigenvalue weighted by molar-refractivity contribution is 5.22. The fourth-order valence-corrected chi connectivity index (χ4v) is 4.52. The van der Waals surface area contributed by atoms with Gasteiger partial charge in [-0.1, -0.05) is 90.4 Å². The molecular formula is C30H61NO3. The molecule has 0 aliphatic heterocycles. The van der Waals surface area contributed by atoms with Gasteiger partial charge in [-0.05, 0) is 57.6 Å². The second-order valence-corrected chi connectivity index (χ2v) is 10.1.